The molecule has 0 aromatic heterocycles. The molecule has 0 aliphatic carbocycles. The summed E-state index contributed by atoms with van der Waals surface area (Å²) in [6.07, 6.45) is 5.10. The van der Waals surface area contributed by atoms with Crippen molar-refractivity contribution in [2.75, 3.05) is 66.6 Å². The molecule has 5 nitrogen and oxygen atoms in total. The molecule has 2 heterocycles. The van der Waals surface area contributed by atoms with Crippen molar-refractivity contribution in [1.29, 1.82) is 0 Å². The highest BCUT2D eigenvalue weighted by Gasteiger charge is 2.24. The predicted octanol–water partition coefficient (Wildman–Crippen LogP) is 0.899. The van der Waals surface area contributed by atoms with Crippen LogP contribution in [0.1, 0.15) is 25.7 Å². The van der Waals surface area contributed by atoms with Gasteiger partial charge in [-0.05, 0) is 40.0 Å². The first-order valence-electron chi connectivity index (χ1n) is 8.38. The third-order valence-corrected chi connectivity index (χ3v) is 4.37. The van der Waals surface area contributed by atoms with Gasteiger partial charge in [-0.1, -0.05) is 12.8 Å². The van der Waals surface area contributed by atoms with Gasteiger partial charge in [0.15, 0.2) is 0 Å². The summed E-state index contributed by atoms with van der Waals surface area (Å²) in [5.41, 5.74) is 0. The molecule has 21 heavy (non-hydrogen) atoms. The van der Waals surface area contributed by atoms with Crippen LogP contribution in [0.25, 0.3) is 0 Å². The van der Waals surface area contributed by atoms with E-state index in [4.69, 9.17) is 4.74 Å². The summed E-state index contributed by atoms with van der Waals surface area (Å²) in [4.78, 5) is 19.1. The van der Waals surface area contributed by atoms with E-state index in [-0.39, 0.29) is 5.91 Å². The Balaban J connectivity index is 1.84. The summed E-state index contributed by atoms with van der Waals surface area (Å²) in [5.74, 6) is 0.710. The molecule has 0 N–H and O–H groups in total. The van der Waals surface area contributed by atoms with Crippen LogP contribution in [0.15, 0.2) is 0 Å². The molecule has 1 atom stereocenters. The molecule has 0 radical (unpaired) electrons. The van der Waals surface area contributed by atoms with Gasteiger partial charge in [-0.25, -0.2) is 0 Å². The van der Waals surface area contributed by atoms with E-state index in [1.807, 2.05) is 4.90 Å². The Labute approximate surface area is 129 Å². The van der Waals surface area contributed by atoms with Gasteiger partial charge in [-0.15, -0.1) is 0 Å². The number of hydrogen-bond acceptors (Lipinski definition) is 4. The first-order chi connectivity index (χ1) is 10.1. The highest BCUT2D eigenvalue weighted by molar-refractivity contribution is 5.78. The summed E-state index contributed by atoms with van der Waals surface area (Å²) in [6, 6.07) is 0. The first kappa shape index (κ1) is 16.7. The zero-order chi connectivity index (χ0) is 15.1. The quantitative estimate of drug-likeness (QED) is 0.772. The van der Waals surface area contributed by atoms with Gasteiger partial charge in [0.05, 0.1) is 19.8 Å². The molecule has 2 saturated heterocycles. The van der Waals surface area contributed by atoms with Crippen LogP contribution in [0, 0.1) is 5.92 Å². The number of likely N-dealkylation sites (tertiary alicyclic amines) is 1. The topological polar surface area (TPSA) is 36.0 Å². The van der Waals surface area contributed by atoms with E-state index in [2.05, 4.69) is 23.9 Å². The van der Waals surface area contributed by atoms with Gasteiger partial charge >= 0.3 is 0 Å². The van der Waals surface area contributed by atoms with E-state index < -0.39 is 0 Å². The maximum Gasteiger partial charge on any atom is 0.236 e. The van der Waals surface area contributed by atoms with Crippen molar-refractivity contribution in [2.45, 2.75) is 25.7 Å². The Hall–Kier alpha value is -0.650. The van der Waals surface area contributed by atoms with Crippen LogP contribution in [0.2, 0.25) is 0 Å². The minimum absolute atomic E-state index is 0.283. The van der Waals surface area contributed by atoms with E-state index >= 15 is 0 Å². The maximum absolute atomic E-state index is 12.6. The summed E-state index contributed by atoms with van der Waals surface area (Å²) < 4.78 is 5.66. The first-order valence-corrected chi connectivity index (χ1v) is 8.38. The van der Waals surface area contributed by atoms with Gasteiger partial charge in [0.25, 0.3) is 0 Å². The van der Waals surface area contributed by atoms with Crippen LogP contribution >= 0.6 is 0 Å². The minimum atomic E-state index is 0.283. The number of hydrogen-bond donors (Lipinski definition) is 0. The van der Waals surface area contributed by atoms with Gasteiger partial charge in [-0.3, -0.25) is 9.69 Å². The molecule has 1 amide bonds. The van der Waals surface area contributed by atoms with Crippen LogP contribution in [0.3, 0.4) is 0 Å². The normalized spacial score (nSPS) is 25.7. The standard InChI is InChI=1S/C16H31N3O2/c1-17(2)11-15-12-19(9-10-21-14-15)16(20)13-18-7-5-3-4-6-8-18/h15H,3-14H2,1-2H3/t15-/m0/s1. The Morgan fingerprint density at radius 2 is 1.86 bits per heavy atom. The summed E-state index contributed by atoms with van der Waals surface area (Å²) in [6.45, 7) is 6.76. The molecule has 2 aliphatic rings. The lowest BCUT2D eigenvalue weighted by molar-refractivity contribution is -0.132. The van der Waals surface area contributed by atoms with Gasteiger partial charge in [-0.2, -0.15) is 0 Å². The summed E-state index contributed by atoms with van der Waals surface area (Å²) in [7, 11) is 4.16. The highest BCUT2D eigenvalue weighted by Crippen LogP contribution is 2.12. The van der Waals surface area contributed by atoms with E-state index in [0.717, 1.165) is 39.3 Å². The van der Waals surface area contributed by atoms with E-state index in [9.17, 15) is 4.79 Å². The third-order valence-electron chi connectivity index (χ3n) is 4.37. The summed E-state index contributed by atoms with van der Waals surface area (Å²) >= 11 is 0. The van der Waals surface area contributed by atoms with E-state index in [1.54, 1.807) is 0 Å². The molecule has 5 heteroatoms. The van der Waals surface area contributed by atoms with Crippen LogP contribution in [-0.2, 0) is 9.53 Å². The Morgan fingerprint density at radius 1 is 1.14 bits per heavy atom. The number of nitrogens with zero attached hydrogens (tertiary/aromatic N) is 3. The molecule has 0 unspecified atom stereocenters. The minimum Gasteiger partial charge on any atom is -0.379 e. The maximum atomic E-state index is 12.6. The second kappa shape index (κ2) is 8.71. The van der Waals surface area contributed by atoms with Crippen molar-refractivity contribution in [2.24, 2.45) is 5.92 Å². The lowest BCUT2D eigenvalue weighted by atomic mass is 10.1. The Kier molecular flexibility index (Phi) is 6.93. The number of amides is 1. The van der Waals surface area contributed by atoms with Gasteiger partial charge < -0.3 is 14.5 Å². The number of ether oxygens (including phenoxy) is 1. The van der Waals surface area contributed by atoms with E-state index in [0.29, 0.717) is 19.1 Å². The van der Waals surface area contributed by atoms with E-state index in [1.165, 1.54) is 25.7 Å². The smallest absolute Gasteiger partial charge is 0.236 e. The molecule has 0 aromatic carbocycles. The van der Waals surface area contributed by atoms with Crippen LogP contribution in [-0.4, -0.2) is 87.2 Å². The largest absolute Gasteiger partial charge is 0.379 e. The fraction of sp³-hybridized carbons (Fsp3) is 0.938. The molecule has 2 fully saturated rings. The number of carbonyl (C=O) groups is 1. The van der Waals surface area contributed by atoms with Crippen molar-refractivity contribution in [3.63, 3.8) is 0 Å². The molecule has 2 rings (SSSR count). The second-order valence-corrected chi connectivity index (χ2v) is 6.73. The van der Waals surface area contributed by atoms with Crippen LogP contribution in [0.4, 0.5) is 0 Å². The van der Waals surface area contributed by atoms with Crippen molar-refractivity contribution < 1.29 is 9.53 Å². The average molecular weight is 297 g/mol. The van der Waals surface area contributed by atoms with Crippen molar-refractivity contribution >= 4 is 5.91 Å². The molecule has 0 spiro atoms. The fourth-order valence-corrected chi connectivity index (χ4v) is 3.32. The Morgan fingerprint density at radius 3 is 2.52 bits per heavy atom. The fourth-order valence-electron chi connectivity index (χ4n) is 3.32. The second-order valence-electron chi connectivity index (χ2n) is 6.73. The van der Waals surface area contributed by atoms with Crippen LogP contribution in [0.5, 0.6) is 0 Å². The number of carbonyl (C=O) groups excluding carboxylic acids is 1. The molecule has 0 bridgehead atoms. The highest BCUT2D eigenvalue weighted by atomic mass is 16.5. The zero-order valence-electron chi connectivity index (χ0n) is 13.7. The molecule has 122 valence electrons. The molecular weight excluding hydrogens is 266 g/mol. The lowest BCUT2D eigenvalue weighted by Crippen LogP contribution is -2.44. The lowest BCUT2D eigenvalue weighted by Gasteiger charge is -2.28. The SMILES string of the molecule is CN(C)C[C@@H]1COCCN(C(=O)CN2CCCCCC2)C1. The van der Waals surface area contributed by atoms with Crippen molar-refractivity contribution in [3.8, 4) is 0 Å². The van der Waals surface area contributed by atoms with Gasteiger partial charge in [0.2, 0.25) is 5.91 Å². The molecular formula is C16H31N3O2. The third kappa shape index (κ3) is 5.93. The summed E-state index contributed by atoms with van der Waals surface area (Å²) in [5, 5.41) is 0. The van der Waals surface area contributed by atoms with Crippen LogP contribution < -0.4 is 0 Å². The zero-order valence-corrected chi connectivity index (χ0v) is 13.7. The molecule has 0 saturated carbocycles. The van der Waals surface area contributed by atoms with Crippen molar-refractivity contribution in [3.05, 3.63) is 0 Å². The van der Waals surface area contributed by atoms with Crippen molar-refractivity contribution in [1.82, 2.24) is 14.7 Å². The molecule has 0 aromatic rings. The van der Waals surface area contributed by atoms with Gasteiger partial charge in [0.1, 0.15) is 0 Å². The predicted molar refractivity (Wildman–Crippen MR) is 84.4 cm³/mol. The molecule has 2 aliphatic heterocycles. The average Bonchev–Trinajstić information content (AvgIpc) is 2.81. The van der Waals surface area contributed by atoms with Gasteiger partial charge in [0, 0.05) is 25.6 Å². The monoisotopic (exact) mass is 297 g/mol. The number of rotatable bonds is 4. The Bertz CT molecular complexity index is 315.